The van der Waals surface area contributed by atoms with Gasteiger partial charge in [0.1, 0.15) is 24.0 Å². The summed E-state index contributed by atoms with van der Waals surface area (Å²) in [6, 6.07) is 7.83. The van der Waals surface area contributed by atoms with Gasteiger partial charge in [-0.1, -0.05) is 13.8 Å². The van der Waals surface area contributed by atoms with Gasteiger partial charge in [-0.15, -0.1) is 0 Å². The summed E-state index contributed by atoms with van der Waals surface area (Å²) < 4.78 is 19.9. The average molecular weight is 352 g/mol. The minimum Gasteiger partial charge on any atom is -0.439 e. The Morgan fingerprint density at radius 3 is 2.58 bits per heavy atom. The maximum Gasteiger partial charge on any atom is 0.285 e. The second-order valence-corrected chi connectivity index (χ2v) is 5.71. The fourth-order valence-corrected chi connectivity index (χ4v) is 2.80. The number of aryl methyl sites for hydroxylation is 1. The maximum absolute atomic E-state index is 13.0. The van der Waals surface area contributed by atoms with E-state index in [1.165, 1.54) is 23.0 Å². The number of oxazole rings is 1. The van der Waals surface area contributed by atoms with Gasteiger partial charge in [0.15, 0.2) is 5.76 Å². The zero-order valence-electron chi connectivity index (χ0n) is 14.5. The molecule has 2 heterocycles. The molecule has 0 spiro atoms. The van der Waals surface area contributed by atoms with Crippen molar-refractivity contribution in [3.63, 3.8) is 0 Å². The highest BCUT2D eigenvalue weighted by Gasteiger charge is 2.16. The molecule has 0 amide bonds. The van der Waals surface area contributed by atoms with Gasteiger partial charge in [0.25, 0.3) is 5.56 Å². The van der Waals surface area contributed by atoms with E-state index in [-0.39, 0.29) is 23.8 Å². The Morgan fingerprint density at radius 2 is 1.96 bits per heavy atom. The molecule has 0 saturated heterocycles. The van der Waals surface area contributed by atoms with Gasteiger partial charge in [-0.2, -0.15) is 10.4 Å². The highest BCUT2D eigenvalue weighted by Crippen LogP contribution is 2.21. The minimum absolute atomic E-state index is 0.0195. The molecule has 0 bridgehead atoms. The molecule has 6 nitrogen and oxygen atoms in total. The summed E-state index contributed by atoms with van der Waals surface area (Å²) in [7, 11) is 0. The van der Waals surface area contributed by atoms with Crippen LogP contribution in [0.1, 0.15) is 36.6 Å². The lowest BCUT2D eigenvalue weighted by Crippen LogP contribution is -2.29. The number of aromatic nitrogens is 3. The van der Waals surface area contributed by atoms with Crippen LogP contribution in [0.3, 0.4) is 0 Å². The van der Waals surface area contributed by atoms with Crippen LogP contribution in [0.15, 0.2) is 39.7 Å². The number of halogens is 1. The van der Waals surface area contributed by atoms with Crippen molar-refractivity contribution in [3.05, 3.63) is 69.3 Å². The molecule has 132 valence electrons. The number of benzene rings is 1. The summed E-state index contributed by atoms with van der Waals surface area (Å²) in [6.07, 6.45) is 2.70. The van der Waals surface area contributed by atoms with Gasteiger partial charge in [0.05, 0.1) is 11.9 Å². The monoisotopic (exact) mass is 352 g/mol. The van der Waals surface area contributed by atoms with E-state index in [2.05, 4.69) is 10.1 Å². The first kappa shape index (κ1) is 17.5. The molecule has 0 aliphatic heterocycles. The number of hydrogen-bond donors (Lipinski definition) is 0. The van der Waals surface area contributed by atoms with E-state index >= 15 is 0 Å². The van der Waals surface area contributed by atoms with Gasteiger partial charge in [-0.3, -0.25) is 4.79 Å². The van der Waals surface area contributed by atoms with Crippen molar-refractivity contribution >= 4 is 0 Å². The molecule has 7 heteroatoms. The molecule has 1 aromatic carbocycles. The minimum atomic E-state index is -0.455. The normalized spacial score (nSPS) is 10.7. The van der Waals surface area contributed by atoms with E-state index in [0.717, 1.165) is 0 Å². The Balaban J connectivity index is 1.96. The third-order valence-corrected chi connectivity index (χ3v) is 4.11. The van der Waals surface area contributed by atoms with E-state index in [1.54, 1.807) is 12.1 Å². The number of nitrogens with zero attached hydrogens (tertiary/aromatic N) is 4. The highest BCUT2D eigenvalue weighted by atomic mass is 19.1. The predicted octanol–water partition coefficient (Wildman–Crippen LogP) is 3.08. The van der Waals surface area contributed by atoms with Crippen LogP contribution in [0.5, 0.6) is 0 Å². The van der Waals surface area contributed by atoms with Gasteiger partial charge in [0, 0.05) is 5.56 Å². The van der Waals surface area contributed by atoms with Gasteiger partial charge in [-0.25, -0.2) is 14.1 Å². The SMILES string of the molecule is CCc1nn(Cc2ncc(-c3ccc(F)cc3)o2)c(=O)c(C#N)c1CC. The maximum atomic E-state index is 13.0. The summed E-state index contributed by atoms with van der Waals surface area (Å²) in [5.41, 5.74) is 1.75. The lowest BCUT2D eigenvalue weighted by molar-refractivity contribution is 0.461. The van der Waals surface area contributed by atoms with Crippen LogP contribution in [0.4, 0.5) is 4.39 Å². The van der Waals surface area contributed by atoms with Gasteiger partial charge in [0.2, 0.25) is 5.89 Å². The van der Waals surface area contributed by atoms with Crippen molar-refractivity contribution in [1.82, 2.24) is 14.8 Å². The van der Waals surface area contributed by atoms with Crippen LogP contribution < -0.4 is 5.56 Å². The standard InChI is InChI=1S/C19H17FN4O2/c1-3-14-15(9-21)19(25)24(23-16(14)4-2)11-18-22-10-17(26-18)12-5-7-13(20)8-6-12/h5-8,10H,3-4,11H2,1-2H3. The van der Waals surface area contributed by atoms with Crippen LogP contribution in [0.2, 0.25) is 0 Å². The van der Waals surface area contributed by atoms with E-state index in [0.29, 0.717) is 35.4 Å². The first-order valence-electron chi connectivity index (χ1n) is 8.31. The van der Waals surface area contributed by atoms with E-state index in [9.17, 15) is 14.4 Å². The Morgan fingerprint density at radius 1 is 1.23 bits per heavy atom. The lowest BCUT2D eigenvalue weighted by Gasteiger charge is -2.10. The fourth-order valence-electron chi connectivity index (χ4n) is 2.80. The molecule has 2 aromatic heterocycles. The average Bonchev–Trinajstić information content (AvgIpc) is 3.11. The molecule has 3 aromatic rings. The molecule has 26 heavy (non-hydrogen) atoms. The number of nitriles is 1. The summed E-state index contributed by atoms with van der Waals surface area (Å²) in [5, 5.41) is 13.7. The quantitative estimate of drug-likeness (QED) is 0.704. The highest BCUT2D eigenvalue weighted by molar-refractivity contribution is 5.55. The molecule has 0 atom stereocenters. The molecule has 0 aliphatic carbocycles. The molecule has 0 fully saturated rings. The van der Waals surface area contributed by atoms with Gasteiger partial charge >= 0.3 is 0 Å². The second-order valence-electron chi connectivity index (χ2n) is 5.71. The third kappa shape index (κ3) is 3.26. The Labute approximate surface area is 149 Å². The molecule has 0 N–H and O–H groups in total. The Hall–Kier alpha value is -3.27. The predicted molar refractivity (Wildman–Crippen MR) is 93.0 cm³/mol. The topological polar surface area (TPSA) is 84.7 Å². The second kappa shape index (κ2) is 7.31. The Bertz CT molecular complexity index is 1030. The molecule has 3 rings (SSSR count). The van der Waals surface area contributed by atoms with E-state index in [4.69, 9.17) is 4.42 Å². The first-order valence-corrected chi connectivity index (χ1v) is 8.31. The summed E-state index contributed by atoms with van der Waals surface area (Å²) in [4.78, 5) is 16.7. The van der Waals surface area contributed by atoms with Gasteiger partial charge < -0.3 is 4.42 Å². The van der Waals surface area contributed by atoms with Crippen molar-refractivity contribution in [2.45, 2.75) is 33.2 Å². The fraction of sp³-hybridized carbons (Fsp3) is 0.263. The Kier molecular flexibility index (Phi) is 4.94. The van der Waals surface area contributed by atoms with Crippen molar-refractivity contribution < 1.29 is 8.81 Å². The van der Waals surface area contributed by atoms with Crippen LogP contribution in [0, 0.1) is 17.1 Å². The summed E-state index contributed by atoms with van der Waals surface area (Å²) in [5.74, 6) is 0.417. The third-order valence-electron chi connectivity index (χ3n) is 4.11. The lowest BCUT2D eigenvalue weighted by atomic mass is 10.0. The van der Waals surface area contributed by atoms with Crippen molar-refractivity contribution in [1.29, 1.82) is 5.26 Å². The molecule has 0 radical (unpaired) electrons. The zero-order valence-corrected chi connectivity index (χ0v) is 14.5. The van der Waals surface area contributed by atoms with E-state index < -0.39 is 5.56 Å². The zero-order chi connectivity index (χ0) is 18.7. The van der Waals surface area contributed by atoms with Crippen molar-refractivity contribution in [2.24, 2.45) is 0 Å². The largest absolute Gasteiger partial charge is 0.439 e. The van der Waals surface area contributed by atoms with Crippen LogP contribution in [-0.4, -0.2) is 14.8 Å². The summed E-state index contributed by atoms with van der Waals surface area (Å²) in [6.45, 7) is 3.84. The smallest absolute Gasteiger partial charge is 0.285 e. The van der Waals surface area contributed by atoms with Crippen LogP contribution in [-0.2, 0) is 19.4 Å². The molecule has 0 aliphatic rings. The number of hydrogen-bond acceptors (Lipinski definition) is 5. The van der Waals surface area contributed by atoms with Crippen LogP contribution >= 0.6 is 0 Å². The summed E-state index contributed by atoms with van der Waals surface area (Å²) >= 11 is 0. The van der Waals surface area contributed by atoms with Gasteiger partial charge in [-0.05, 0) is 42.7 Å². The molecule has 0 saturated carbocycles. The number of rotatable bonds is 5. The molecular weight excluding hydrogens is 335 g/mol. The van der Waals surface area contributed by atoms with Crippen molar-refractivity contribution in [2.75, 3.05) is 0 Å². The van der Waals surface area contributed by atoms with E-state index in [1.807, 2.05) is 19.9 Å². The van der Waals surface area contributed by atoms with Crippen LogP contribution in [0.25, 0.3) is 11.3 Å². The van der Waals surface area contributed by atoms with Crippen molar-refractivity contribution in [3.8, 4) is 17.4 Å². The first-order chi connectivity index (χ1) is 12.6. The molecular formula is C19H17FN4O2. The molecule has 0 unspecified atom stereocenters.